The number of carbonyl (C=O) groups is 1. The van der Waals surface area contributed by atoms with Crippen molar-refractivity contribution in [3.05, 3.63) is 77.9 Å². The standard InChI is InChI=1S/C28H32N4O4S/c1-34-24-17-21(18-25(35-2)26(24)36-3)27(33)30-28(37)29-22-9-11-23(12-10-22)32-15-13-31(14-16-32)19-20-7-5-4-6-8-20/h4-12,17-18H,13-16,19H2,1-3H3,(H2,29,30,33,37). The Morgan fingerprint density at radius 1 is 0.865 bits per heavy atom. The molecule has 9 heteroatoms. The third kappa shape index (κ3) is 6.69. The number of thiocarbonyl (C=S) groups is 1. The van der Waals surface area contributed by atoms with Gasteiger partial charge in [-0.1, -0.05) is 30.3 Å². The van der Waals surface area contributed by atoms with Gasteiger partial charge in [-0.25, -0.2) is 0 Å². The molecule has 0 atom stereocenters. The van der Waals surface area contributed by atoms with Crippen LogP contribution < -0.4 is 29.7 Å². The summed E-state index contributed by atoms with van der Waals surface area (Å²) in [5, 5.41) is 5.97. The Labute approximate surface area is 223 Å². The van der Waals surface area contributed by atoms with Gasteiger partial charge in [0.2, 0.25) is 5.75 Å². The number of piperazine rings is 1. The van der Waals surface area contributed by atoms with Crippen molar-refractivity contribution in [2.75, 3.05) is 57.7 Å². The van der Waals surface area contributed by atoms with Gasteiger partial charge in [0, 0.05) is 49.7 Å². The molecule has 1 fully saturated rings. The summed E-state index contributed by atoms with van der Waals surface area (Å²) in [6.45, 7) is 4.97. The van der Waals surface area contributed by atoms with Crippen LogP contribution in [-0.2, 0) is 6.54 Å². The Morgan fingerprint density at radius 2 is 1.49 bits per heavy atom. The highest BCUT2D eigenvalue weighted by atomic mass is 32.1. The second kappa shape index (κ2) is 12.4. The SMILES string of the molecule is COc1cc(C(=O)NC(=S)Nc2ccc(N3CCN(Cc4ccccc4)CC3)cc2)cc(OC)c1OC. The fourth-order valence-electron chi connectivity index (χ4n) is 4.31. The Hall–Kier alpha value is -3.82. The van der Waals surface area contributed by atoms with E-state index in [1.165, 1.54) is 26.9 Å². The van der Waals surface area contributed by atoms with E-state index in [-0.39, 0.29) is 11.0 Å². The van der Waals surface area contributed by atoms with E-state index in [1.807, 2.05) is 12.1 Å². The largest absolute Gasteiger partial charge is 0.493 e. The zero-order valence-corrected chi connectivity index (χ0v) is 22.1. The minimum Gasteiger partial charge on any atom is -0.493 e. The highest BCUT2D eigenvalue weighted by molar-refractivity contribution is 7.80. The van der Waals surface area contributed by atoms with Crippen molar-refractivity contribution in [2.24, 2.45) is 0 Å². The highest BCUT2D eigenvalue weighted by Crippen LogP contribution is 2.38. The normalized spacial score (nSPS) is 13.5. The van der Waals surface area contributed by atoms with E-state index in [0.717, 1.165) is 44.1 Å². The molecule has 1 amide bonds. The minimum atomic E-state index is -0.387. The molecule has 0 aliphatic carbocycles. The summed E-state index contributed by atoms with van der Waals surface area (Å²) in [4.78, 5) is 17.7. The lowest BCUT2D eigenvalue weighted by Crippen LogP contribution is -2.45. The molecule has 0 bridgehead atoms. The van der Waals surface area contributed by atoms with Crippen LogP contribution in [0.3, 0.4) is 0 Å². The minimum absolute atomic E-state index is 0.195. The van der Waals surface area contributed by atoms with Gasteiger partial charge in [0.15, 0.2) is 16.6 Å². The quantitative estimate of drug-likeness (QED) is 0.429. The van der Waals surface area contributed by atoms with Crippen molar-refractivity contribution in [2.45, 2.75) is 6.54 Å². The molecular weight excluding hydrogens is 488 g/mol. The molecule has 37 heavy (non-hydrogen) atoms. The summed E-state index contributed by atoms with van der Waals surface area (Å²) >= 11 is 5.36. The van der Waals surface area contributed by atoms with Crippen LogP contribution >= 0.6 is 12.2 Å². The summed E-state index contributed by atoms with van der Waals surface area (Å²) in [7, 11) is 4.51. The predicted molar refractivity (Wildman–Crippen MR) is 150 cm³/mol. The Morgan fingerprint density at radius 3 is 2.05 bits per heavy atom. The fourth-order valence-corrected chi connectivity index (χ4v) is 4.52. The number of benzene rings is 3. The maximum atomic E-state index is 12.8. The number of nitrogens with zero attached hydrogens (tertiary/aromatic N) is 2. The first-order valence-corrected chi connectivity index (χ1v) is 12.4. The topological polar surface area (TPSA) is 75.3 Å². The van der Waals surface area contributed by atoms with E-state index >= 15 is 0 Å². The van der Waals surface area contributed by atoms with Gasteiger partial charge in [0.05, 0.1) is 21.3 Å². The van der Waals surface area contributed by atoms with E-state index in [0.29, 0.717) is 22.8 Å². The van der Waals surface area contributed by atoms with Crippen LogP contribution in [0.5, 0.6) is 17.2 Å². The number of rotatable bonds is 8. The second-order valence-corrected chi connectivity index (χ2v) is 9.03. The first-order valence-electron chi connectivity index (χ1n) is 12.0. The summed E-state index contributed by atoms with van der Waals surface area (Å²) < 4.78 is 16.0. The molecule has 3 aromatic rings. The van der Waals surface area contributed by atoms with Gasteiger partial charge in [-0.3, -0.25) is 15.0 Å². The molecule has 194 valence electrons. The Balaban J connectivity index is 1.30. The number of hydrogen-bond donors (Lipinski definition) is 2. The third-order valence-electron chi connectivity index (χ3n) is 6.27. The van der Waals surface area contributed by atoms with Crippen LogP contribution in [0, 0.1) is 0 Å². The Kier molecular flexibility index (Phi) is 8.81. The highest BCUT2D eigenvalue weighted by Gasteiger charge is 2.19. The number of carbonyl (C=O) groups excluding carboxylic acids is 1. The molecule has 0 radical (unpaired) electrons. The van der Waals surface area contributed by atoms with Crippen molar-refractivity contribution in [1.82, 2.24) is 10.2 Å². The van der Waals surface area contributed by atoms with Crippen LogP contribution in [-0.4, -0.2) is 63.4 Å². The average molecular weight is 521 g/mol. The van der Waals surface area contributed by atoms with Crippen molar-refractivity contribution < 1.29 is 19.0 Å². The molecule has 4 rings (SSSR count). The molecule has 0 spiro atoms. The second-order valence-electron chi connectivity index (χ2n) is 8.62. The lowest BCUT2D eigenvalue weighted by atomic mass is 10.1. The summed E-state index contributed by atoms with van der Waals surface area (Å²) in [5.41, 5.74) is 3.64. The fraction of sp³-hybridized carbons (Fsp3) is 0.286. The van der Waals surface area contributed by atoms with Crippen molar-refractivity contribution in [3.63, 3.8) is 0 Å². The molecule has 0 aromatic heterocycles. The first kappa shape index (κ1) is 26.2. The van der Waals surface area contributed by atoms with Crippen molar-refractivity contribution >= 4 is 34.6 Å². The number of anilines is 2. The molecule has 0 saturated carbocycles. The van der Waals surface area contributed by atoms with Crippen LogP contribution in [0.4, 0.5) is 11.4 Å². The number of methoxy groups -OCH3 is 3. The number of nitrogens with one attached hydrogen (secondary N) is 2. The molecule has 2 N–H and O–H groups in total. The average Bonchev–Trinajstić information content (AvgIpc) is 2.93. The van der Waals surface area contributed by atoms with Crippen LogP contribution in [0.25, 0.3) is 0 Å². The maximum Gasteiger partial charge on any atom is 0.257 e. The van der Waals surface area contributed by atoms with Gasteiger partial charge in [-0.2, -0.15) is 0 Å². The number of amides is 1. The van der Waals surface area contributed by atoms with Crippen LogP contribution in [0.1, 0.15) is 15.9 Å². The van der Waals surface area contributed by atoms with E-state index in [1.54, 1.807) is 12.1 Å². The third-order valence-corrected chi connectivity index (χ3v) is 6.47. The van der Waals surface area contributed by atoms with Gasteiger partial charge in [-0.15, -0.1) is 0 Å². The maximum absolute atomic E-state index is 12.8. The monoisotopic (exact) mass is 520 g/mol. The number of hydrogen-bond acceptors (Lipinski definition) is 7. The smallest absolute Gasteiger partial charge is 0.257 e. The van der Waals surface area contributed by atoms with Crippen LogP contribution in [0.15, 0.2) is 66.7 Å². The lowest BCUT2D eigenvalue weighted by Gasteiger charge is -2.36. The first-order chi connectivity index (χ1) is 18.0. The molecule has 3 aromatic carbocycles. The lowest BCUT2D eigenvalue weighted by molar-refractivity contribution is 0.0977. The molecule has 0 unspecified atom stereocenters. The van der Waals surface area contributed by atoms with Crippen LogP contribution in [0.2, 0.25) is 0 Å². The zero-order chi connectivity index (χ0) is 26.2. The zero-order valence-electron chi connectivity index (χ0n) is 21.3. The van der Waals surface area contributed by atoms with Gasteiger partial charge in [0.25, 0.3) is 5.91 Å². The predicted octanol–water partition coefficient (Wildman–Crippen LogP) is 4.16. The van der Waals surface area contributed by atoms with Crippen molar-refractivity contribution in [3.8, 4) is 17.2 Å². The van der Waals surface area contributed by atoms with Gasteiger partial charge < -0.3 is 24.4 Å². The molecule has 1 saturated heterocycles. The Bertz CT molecular complexity index is 1190. The van der Waals surface area contributed by atoms with Gasteiger partial charge in [0.1, 0.15) is 0 Å². The van der Waals surface area contributed by atoms with Gasteiger partial charge >= 0.3 is 0 Å². The summed E-state index contributed by atoms with van der Waals surface area (Å²) in [6.07, 6.45) is 0. The van der Waals surface area contributed by atoms with E-state index in [9.17, 15) is 4.79 Å². The van der Waals surface area contributed by atoms with Gasteiger partial charge in [-0.05, 0) is 54.2 Å². The number of ether oxygens (including phenoxy) is 3. The summed E-state index contributed by atoms with van der Waals surface area (Å²) in [5.74, 6) is 0.812. The van der Waals surface area contributed by atoms with E-state index in [2.05, 4.69) is 62.9 Å². The molecular formula is C28H32N4O4S. The molecule has 1 aliphatic heterocycles. The molecule has 8 nitrogen and oxygen atoms in total. The van der Waals surface area contributed by atoms with E-state index < -0.39 is 0 Å². The summed E-state index contributed by atoms with van der Waals surface area (Å²) in [6, 6.07) is 21.8. The molecule has 1 aliphatic rings. The van der Waals surface area contributed by atoms with Crippen molar-refractivity contribution in [1.29, 1.82) is 0 Å². The van der Waals surface area contributed by atoms with E-state index in [4.69, 9.17) is 26.4 Å². The molecule has 1 heterocycles.